The van der Waals surface area contributed by atoms with Gasteiger partial charge in [0.15, 0.2) is 0 Å². The molecule has 2 amide bonds. The predicted molar refractivity (Wildman–Crippen MR) is 89.5 cm³/mol. The van der Waals surface area contributed by atoms with E-state index >= 15 is 0 Å². The minimum Gasteiger partial charge on any atom is -0.373 e. The van der Waals surface area contributed by atoms with Gasteiger partial charge in [-0.3, -0.25) is 4.98 Å². The first-order valence-corrected chi connectivity index (χ1v) is 8.39. The van der Waals surface area contributed by atoms with Crippen LogP contribution in [-0.4, -0.2) is 66.8 Å². The first-order chi connectivity index (χ1) is 11.1. The number of nitrogens with one attached hydrogen (secondary N) is 1. The highest BCUT2D eigenvalue weighted by Crippen LogP contribution is 2.29. The van der Waals surface area contributed by atoms with Gasteiger partial charge in [-0.05, 0) is 44.9 Å². The molecule has 1 aliphatic carbocycles. The Balaban J connectivity index is 1.49. The van der Waals surface area contributed by atoms with Crippen molar-refractivity contribution in [3.8, 4) is 0 Å². The van der Waals surface area contributed by atoms with Crippen LogP contribution < -0.4 is 5.32 Å². The second kappa shape index (κ2) is 7.27. The summed E-state index contributed by atoms with van der Waals surface area (Å²) in [5.41, 5.74) is 1.68. The van der Waals surface area contributed by atoms with E-state index in [2.05, 4.69) is 22.2 Å². The van der Waals surface area contributed by atoms with Crippen LogP contribution in [0, 0.1) is 12.8 Å². The molecule has 2 fully saturated rings. The van der Waals surface area contributed by atoms with Crippen molar-refractivity contribution in [1.29, 1.82) is 0 Å². The molecule has 23 heavy (non-hydrogen) atoms. The molecule has 6 nitrogen and oxygen atoms in total. The molecule has 0 bridgehead atoms. The van der Waals surface area contributed by atoms with Crippen LogP contribution in [0.4, 0.5) is 10.5 Å². The van der Waals surface area contributed by atoms with Gasteiger partial charge in [-0.2, -0.15) is 0 Å². The van der Waals surface area contributed by atoms with Gasteiger partial charge < -0.3 is 19.9 Å². The lowest BCUT2D eigenvalue weighted by Gasteiger charge is -2.34. The standard InChI is InChI=1S/C17H26N4O2/c1-13-9-15(5-6-18-13)19-17(22)21-7-8-23-16(12-21)11-20(2)10-14-3-4-14/h5-6,9,14,16H,3-4,7-8,10-12H2,1-2H3,(H,18,19,22). The summed E-state index contributed by atoms with van der Waals surface area (Å²) in [5, 5.41) is 2.95. The summed E-state index contributed by atoms with van der Waals surface area (Å²) >= 11 is 0. The van der Waals surface area contributed by atoms with E-state index < -0.39 is 0 Å². The highest BCUT2D eigenvalue weighted by molar-refractivity contribution is 5.89. The molecule has 0 radical (unpaired) electrons. The fraction of sp³-hybridized carbons (Fsp3) is 0.647. The summed E-state index contributed by atoms with van der Waals surface area (Å²) in [4.78, 5) is 20.7. The zero-order valence-corrected chi connectivity index (χ0v) is 14.0. The van der Waals surface area contributed by atoms with Crippen molar-refractivity contribution < 1.29 is 9.53 Å². The minimum absolute atomic E-state index is 0.0613. The number of anilines is 1. The highest BCUT2D eigenvalue weighted by Gasteiger charge is 2.27. The van der Waals surface area contributed by atoms with E-state index in [-0.39, 0.29) is 12.1 Å². The Labute approximate surface area is 137 Å². The largest absolute Gasteiger partial charge is 0.373 e. The smallest absolute Gasteiger partial charge is 0.322 e. The van der Waals surface area contributed by atoms with Crippen molar-refractivity contribution in [2.75, 3.05) is 45.2 Å². The van der Waals surface area contributed by atoms with Crippen LogP contribution in [-0.2, 0) is 4.74 Å². The zero-order chi connectivity index (χ0) is 16.2. The van der Waals surface area contributed by atoms with Crippen LogP contribution in [0.1, 0.15) is 18.5 Å². The molecule has 1 unspecified atom stereocenters. The average molecular weight is 318 g/mol. The third-order valence-corrected chi connectivity index (χ3v) is 4.36. The predicted octanol–water partition coefficient (Wildman–Crippen LogP) is 1.96. The number of hydrogen-bond donors (Lipinski definition) is 1. The van der Waals surface area contributed by atoms with Crippen LogP contribution >= 0.6 is 0 Å². The van der Waals surface area contributed by atoms with Gasteiger partial charge in [0.2, 0.25) is 0 Å². The van der Waals surface area contributed by atoms with E-state index in [1.165, 1.54) is 12.8 Å². The summed E-state index contributed by atoms with van der Waals surface area (Å²) in [6.07, 6.45) is 4.52. The van der Waals surface area contributed by atoms with E-state index in [1.54, 1.807) is 6.20 Å². The van der Waals surface area contributed by atoms with E-state index in [0.717, 1.165) is 30.4 Å². The Morgan fingerprint density at radius 1 is 1.48 bits per heavy atom. The zero-order valence-electron chi connectivity index (χ0n) is 14.0. The van der Waals surface area contributed by atoms with Gasteiger partial charge in [0.05, 0.1) is 12.7 Å². The Morgan fingerprint density at radius 2 is 2.30 bits per heavy atom. The molecule has 2 heterocycles. The van der Waals surface area contributed by atoms with Gasteiger partial charge in [0.1, 0.15) is 0 Å². The molecule has 0 aromatic carbocycles. The molecule has 1 saturated heterocycles. The van der Waals surface area contributed by atoms with Gasteiger partial charge in [0.25, 0.3) is 0 Å². The molecular weight excluding hydrogens is 292 g/mol. The summed E-state index contributed by atoms with van der Waals surface area (Å²) in [7, 11) is 2.14. The third kappa shape index (κ3) is 4.91. The second-order valence-electron chi connectivity index (χ2n) is 6.72. The SMILES string of the molecule is Cc1cc(NC(=O)N2CCOC(CN(C)CC3CC3)C2)ccn1. The monoisotopic (exact) mass is 318 g/mol. The summed E-state index contributed by atoms with van der Waals surface area (Å²) < 4.78 is 5.83. The third-order valence-electron chi connectivity index (χ3n) is 4.36. The Kier molecular flexibility index (Phi) is 5.13. The molecule has 1 saturated carbocycles. The molecule has 1 aromatic rings. The molecule has 1 aromatic heterocycles. The van der Waals surface area contributed by atoms with Gasteiger partial charge in [-0.25, -0.2) is 4.79 Å². The number of amides is 2. The highest BCUT2D eigenvalue weighted by atomic mass is 16.5. The van der Waals surface area contributed by atoms with Crippen molar-refractivity contribution in [2.24, 2.45) is 5.92 Å². The van der Waals surface area contributed by atoms with Crippen LogP contribution in [0.25, 0.3) is 0 Å². The van der Waals surface area contributed by atoms with Crippen LogP contribution in [0.2, 0.25) is 0 Å². The van der Waals surface area contributed by atoms with Crippen molar-refractivity contribution in [3.63, 3.8) is 0 Å². The van der Waals surface area contributed by atoms with Crippen molar-refractivity contribution in [1.82, 2.24) is 14.8 Å². The molecule has 0 spiro atoms. The number of pyridine rings is 1. The minimum atomic E-state index is -0.0613. The second-order valence-corrected chi connectivity index (χ2v) is 6.72. The summed E-state index contributed by atoms with van der Waals surface area (Å²) in [6, 6.07) is 3.62. The van der Waals surface area contributed by atoms with E-state index in [9.17, 15) is 4.79 Å². The average Bonchev–Trinajstić information content (AvgIpc) is 3.31. The van der Waals surface area contributed by atoms with E-state index in [0.29, 0.717) is 19.7 Å². The molecule has 3 rings (SSSR count). The number of carbonyl (C=O) groups is 1. The van der Waals surface area contributed by atoms with Crippen molar-refractivity contribution in [2.45, 2.75) is 25.9 Å². The molecule has 1 aliphatic heterocycles. The number of likely N-dealkylation sites (N-methyl/N-ethyl adjacent to an activating group) is 1. The lowest BCUT2D eigenvalue weighted by molar-refractivity contribution is -0.0261. The first kappa shape index (κ1) is 16.2. The summed E-state index contributed by atoms with van der Waals surface area (Å²) in [6.45, 7) is 5.82. The van der Waals surface area contributed by atoms with Crippen LogP contribution in [0.15, 0.2) is 18.3 Å². The normalized spacial score (nSPS) is 21.5. The Bertz CT molecular complexity index is 547. The molecular formula is C17H26N4O2. The number of nitrogens with zero attached hydrogens (tertiary/aromatic N) is 3. The molecule has 126 valence electrons. The van der Waals surface area contributed by atoms with Crippen molar-refractivity contribution in [3.05, 3.63) is 24.0 Å². The van der Waals surface area contributed by atoms with Gasteiger partial charge in [-0.1, -0.05) is 0 Å². The quantitative estimate of drug-likeness (QED) is 0.902. The van der Waals surface area contributed by atoms with E-state index in [4.69, 9.17) is 4.74 Å². The lowest BCUT2D eigenvalue weighted by Crippen LogP contribution is -2.50. The number of rotatable bonds is 5. The van der Waals surface area contributed by atoms with Crippen LogP contribution in [0.5, 0.6) is 0 Å². The van der Waals surface area contributed by atoms with Crippen LogP contribution in [0.3, 0.4) is 0 Å². The number of urea groups is 1. The number of ether oxygens (including phenoxy) is 1. The van der Waals surface area contributed by atoms with Gasteiger partial charge in [-0.15, -0.1) is 0 Å². The Morgan fingerprint density at radius 3 is 3.04 bits per heavy atom. The number of carbonyl (C=O) groups excluding carboxylic acids is 1. The van der Waals surface area contributed by atoms with E-state index in [1.807, 2.05) is 24.0 Å². The van der Waals surface area contributed by atoms with Gasteiger partial charge in [0, 0.05) is 43.8 Å². The van der Waals surface area contributed by atoms with Crippen molar-refractivity contribution >= 4 is 11.7 Å². The number of aromatic nitrogens is 1. The fourth-order valence-corrected chi connectivity index (χ4v) is 3.00. The number of aryl methyl sites for hydroxylation is 1. The molecule has 6 heteroatoms. The number of morpholine rings is 1. The Hall–Kier alpha value is -1.66. The molecule has 1 N–H and O–H groups in total. The first-order valence-electron chi connectivity index (χ1n) is 8.39. The molecule has 2 aliphatic rings. The molecule has 1 atom stereocenters. The fourth-order valence-electron chi connectivity index (χ4n) is 3.00. The van der Waals surface area contributed by atoms with Gasteiger partial charge >= 0.3 is 6.03 Å². The maximum Gasteiger partial charge on any atom is 0.322 e. The summed E-state index contributed by atoms with van der Waals surface area (Å²) in [5.74, 6) is 0.873. The lowest BCUT2D eigenvalue weighted by atomic mass is 10.2. The maximum atomic E-state index is 12.4. The maximum absolute atomic E-state index is 12.4. The number of hydrogen-bond acceptors (Lipinski definition) is 4. The topological polar surface area (TPSA) is 57.7 Å².